The van der Waals surface area contributed by atoms with E-state index in [1.54, 1.807) is 7.11 Å². The third kappa shape index (κ3) is 5.22. The van der Waals surface area contributed by atoms with Gasteiger partial charge >= 0.3 is 0 Å². The molecule has 0 aliphatic carbocycles. The zero-order chi connectivity index (χ0) is 13.6. The minimum atomic E-state index is -0.697. The molecule has 3 unspecified atom stereocenters. The molecule has 1 aliphatic rings. The van der Waals surface area contributed by atoms with E-state index in [2.05, 4.69) is 19.2 Å². The van der Waals surface area contributed by atoms with Crippen LogP contribution < -0.4 is 5.32 Å². The van der Waals surface area contributed by atoms with E-state index >= 15 is 0 Å². The normalized spacial score (nSPS) is 32.2. The van der Waals surface area contributed by atoms with Crippen molar-refractivity contribution < 1.29 is 14.6 Å². The molecule has 1 aliphatic heterocycles. The van der Waals surface area contributed by atoms with Gasteiger partial charge in [-0.3, -0.25) is 0 Å². The standard InChI is InChI=1S/C14H29NO3/c1-5-14(3)10-12(6-8-18-14)15-11-13(2,16)7-9-17-4/h12,15-16H,5-11H2,1-4H3. The molecule has 0 aromatic heterocycles. The SMILES string of the molecule is CCC1(C)CC(NCC(C)(O)CCOC)CCO1. The van der Waals surface area contributed by atoms with E-state index in [0.717, 1.165) is 25.9 Å². The van der Waals surface area contributed by atoms with Gasteiger partial charge in [-0.15, -0.1) is 0 Å². The Morgan fingerprint density at radius 3 is 2.89 bits per heavy atom. The van der Waals surface area contributed by atoms with E-state index in [4.69, 9.17) is 9.47 Å². The highest BCUT2D eigenvalue weighted by atomic mass is 16.5. The average molecular weight is 259 g/mol. The Labute approximate surface area is 111 Å². The molecule has 1 fully saturated rings. The molecule has 0 amide bonds. The highest BCUT2D eigenvalue weighted by Gasteiger charge is 2.32. The van der Waals surface area contributed by atoms with Crippen molar-refractivity contribution in [2.75, 3.05) is 26.9 Å². The predicted octanol–water partition coefficient (Wildman–Crippen LogP) is 1.71. The van der Waals surface area contributed by atoms with Crippen LogP contribution >= 0.6 is 0 Å². The largest absolute Gasteiger partial charge is 0.389 e. The molecular formula is C14H29NO3. The van der Waals surface area contributed by atoms with Crippen LogP contribution in [0.2, 0.25) is 0 Å². The summed E-state index contributed by atoms with van der Waals surface area (Å²) in [6.07, 6.45) is 3.73. The summed E-state index contributed by atoms with van der Waals surface area (Å²) in [5, 5.41) is 13.7. The van der Waals surface area contributed by atoms with Crippen molar-refractivity contribution in [2.45, 2.75) is 63.7 Å². The zero-order valence-corrected chi connectivity index (χ0v) is 12.3. The number of hydrogen-bond donors (Lipinski definition) is 2. The van der Waals surface area contributed by atoms with Crippen LogP contribution in [0.1, 0.15) is 46.5 Å². The van der Waals surface area contributed by atoms with Crippen LogP contribution in [0.15, 0.2) is 0 Å². The molecule has 0 aromatic rings. The van der Waals surface area contributed by atoms with Crippen LogP contribution in [0.4, 0.5) is 0 Å². The monoisotopic (exact) mass is 259 g/mol. The van der Waals surface area contributed by atoms with Crippen LogP contribution in [-0.2, 0) is 9.47 Å². The van der Waals surface area contributed by atoms with Crippen LogP contribution in [-0.4, -0.2) is 49.2 Å². The fraction of sp³-hybridized carbons (Fsp3) is 1.00. The summed E-state index contributed by atoms with van der Waals surface area (Å²) < 4.78 is 10.8. The van der Waals surface area contributed by atoms with Gasteiger partial charge in [-0.2, -0.15) is 0 Å². The summed E-state index contributed by atoms with van der Waals surface area (Å²) in [6, 6.07) is 0.442. The number of methoxy groups -OCH3 is 1. The lowest BCUT2D eigenvalue weighted by Crippen LogP contribution is -2.49. The van der Waals surface area contributed by atoms with Gasteiger partial charge in [-0.25, -0.2) is 0 Å². The molecule has 0 spiro atoms. The fourth-order valence-corrected chi connectivity index (χ4v) is 2.32. The molecule has 3 atom stereocenters. The van der Waals surface area contributed by atoms with Crippen molar-refractivity contribution in [3.05, 3.63) is 0 Å². The van der Waals surface area contributed by atoms with E-state index in [-0.39, 0.29) is 5.60 Å². The summed E-state index contributed by atoms with van der Waals surface area (Å²) in [7, 11) is 1.66. The Morgan fingerprint density at radius 2 is 2.28 bits per heavy atom. The third-order valence-corrected chi connectivity index (χ3v) is 3.96. The second-order valence-corrected chi connectivity index (χ2v) is 5.96. The fourth-order valence-electron chi connectivity index (χ4n) is 2.32. The molecule has 108 valence electrons. The first-order valence-electron chi connectivity index (χ1n) is 6.99. The van der Waals surface area contributed by atoms with Crippen molar-refractivity contribution in [3.8, 4) is 0 Å². The molecule has 4 nitrogen and oxygen atoms in total. The minimum Gasteiger partial charge on any atom is -0.389 e. The van der Waals surface area contributed by atoms with Gasteiger partial charge in [0.15, 0.2) is 0 Å². The van der Waals surface area contributed by atoms with Crippen molar-refractivity contribution in [1.29, 1.82) is 0 Å². The molecule has 18 heavy (non-hydrogen) atoms. The van der Waals surface area contributed by atoms with Crippen molar-refractivity contribution in [2.24, 2.45) is 0 Å². The second-order valence-electron chi connectivity index (χ2n) is 5.96. The maximum atomic E-state index is 10.2. The molecule has 2 N–H and O–H groups in total. The van der Waals surface area contributed by atoms with Crippen LogP contribution in [0.25, 0.3) is 0 Å². The quantitative estimate of drug-likeness (QED) is 0.731. The van der Waals surface area contributed by atoms with Gasteiger partial charge in [0.05, 0.1) is 11.2 Å². The lowest BCUT2D eigenvalue weighted by Gasteiger charge is -2.39. The maximum absolute atomic E-state index is 10.2. The van der Waals surface area contributed by atoms with Gasteiger partial charge in [-0.1, -0.05) is 6.92 Å². The van der Waals surface area contributed by atoms with Crippen LogP contribution in [0.3, 0.4) is 0 Å². The first-order valence-corrected chi connectivity index (χ1v) is 6.99. The van der Waals surface area contributed by atoms with Crippen molar-refractivity contribution in [3.63, 3.8) is 0 Å². The molecule has 4 heteroatoms. The Bertz CT molecular complexity index is 245. The summed E-state index contributed by atoms with van der Waals surface area (Å²) in [5.41, 5.74) is -0.703. The summed E-state index contributed by atoms with van der Waals surface area (Å²) in [6.45, 7) is 8.20. The number of rotatable bonds is 7. The lowest BCUT2D eigenvalue weighted by molar-refractivity contribution is -0.0808. The van der Waals surface area contributed by atoms with Crippen LogP contribution in [0.5, 0.6) is 0 Å². The maximum Gasteiger partial charge on any atom is 0.0765 e. The second kappa shape index (κ2) is 6.85. The Kier molecular flexibility index (Phi) is 6.05. The van der Waals surface area contributed by atoms with Crippen LogP contribution in [0, 0.1) is 0 Å². The van der Waals surface area contributed by atoms with E-state index in [0.29, 0.717) is 25.6 Å². The molecular weight excluding hydrogens is 230 g/mol. The summed E-state index contributed by atoms with van der Waals surface area (Å²) >= 11 is 0. The summed E-state index contributed by atoms with van der Waals surface area (Å²) in [4.78, 5) is 0. The summed E-state index contributed by atoms with van der Waals surface area (Å²) in [5.74, 6) is 0. The number of hydrogen-bond acceptors (Lipinski definition) is 4. The molecule has 1 rings (SSSR count). The lowest BCUT2D eigenvalue weighted by atomic mass is 9.89. The van der Waals surface area contributed by atoms with E-state index in [1.807, 2.05) is 6.92 Å². The first kappa shape index (κ1) is 15.9. The van der Waals surface area contributed by atoms with Gasteiger partial charge in [0.2, 0.25) is 0 Å². The van der Waals surface area contributed by atoms with E-state index < -0.39 is 5.60 Å². The zero-order valence-electron chi connectivity index (χ0n) is 12.3. The number of aliphatic hydroxyl groups is 1. The molecule has 0 saturated carbocycles. The molecule has 0 radical (unpaired) electrons. The minimum absolute atomic E-state index is 0.00565. The number of ether oxygens (including phenoxy) is 2. The van der Waals surface area contributed by atoms with Crippen molar-refractivity contribution in [1.82, 2.24) is 5.32 Å². The predicted molar refractivity (Wildman–Crippen MR) is 72.8 cm³/mol. The van der Waals surface area contributed by atoms with Gasteiger partial charge < -0.3 is 19.9 Å². The van der Waals surface area contributed by atoms with E-state index in [9.17, 15) is 5.11 Å². The van der Waals surface area contributed by atoms with Crippen molar-refractivity contribution >= 4 is 0 Å². The highest BCUT2D eigenvalue weighted by Crippen LogP contribution is 2.27. The third-order valence-electron chi connectivity index (χ3n) is 3.96. The Balaban J connectivity index is 2.34. The van der Waals surface area contributed by atoms with Gasteiger partial charge in [-0.05, 0) is 33.1 Å². The molecule has 1 saturated heterocycles. The highest BCUT2D eigenvalue weighted by molar-refractivity contribution is 4.87. The van der Waals surface area contributed by atoms with E-state index in [1.165, 1.54) is 0 Å². The topological polar surface area (TPSA) is 50.7 Å². The molecule has 0 aromatic carbocycles. The Morgan fingerprint density at radius 1 is 1.56 bits per heavy atom. The number of nitrogens with one attached hydrogen (secondary N) is 1. The Hall–Kier alpha value is -0.160. The molecule has 1 heterocycles. The average Bonchev–Trinajstić information content (AvgIpc) is 2.34. The first-order chi connectivity index (χ1) is 8.41. The van der Waals surface area contributed by atoms with Gasteiger partial charge in [0.25, 0.3) is 0 Å². The van der Waals surface area contributed by atoms with Gasteiger partial charge in [0, 0.05) is 39.3 Å². The van der Waals surface area contributed by atoms with Gasteiger partial charge in [0.1, 0.15) is 0 Å². The molecule has 0 bridgehead atoms. The smallest absolute Gasteiger partial charge is 0.0765 e.